The first-order valence-corrected chi connectivity index (χ1v) is 8.10. The Hall–Kier alpha value is -0.710. The number of Topliss-reactive ketones (excluding diaryl/α,β-unsaturated/α-hetero) is 1. The zero-order valence-corrected chi connectivity index (χ0v) is 13.3. The standard InChI is InChI=1S/C16H22BrNO2/c17-15-5-1-4-14(11-15)16(20)6-9-18-8-2-3-13(12-18)7-10-19/h1,4-5,11,13,19H,2-3,6-10,12H2. The molecule has 1 aromatic rings. The predicted molar refractivity (Wildman–Crippen MR) is 84.0 cm³/mol. The van der Waals surface area contributed by atoms with Crippen molar-refractivity contribution in [1.82, 2.24) is 4.90 Å². The molecule has 2 rings (SSSR count). The molecule has 1 heterocycles. The minimum Gasteiger partial charge on any atom is -0.396 e. The summed E-state index contributed by atoms with van der Waals surface area (Å²) in [6.45, 7) is 3.20. The van der Waals surface area contributed by atoms with Gasteiger partial charge in [0.15, 0.2) is 5.78 Å². The Morgan fingerprint density at radius 1 is 1.45 bits per heavy atom. The van der Waals surface area contributed by atoms with E-state index in [1.165, 1.54) is 12.8 Å². The van der Waals surface area contributed by atoms with Gasteiger partial charge in [-0.1, -0.05) is 28.1 Å². The number of carbonyl (C=O) groups is 1. The maximum atomic E-state index is 12.2. The highest BCUT2D eigenvalue weighted by Gasteiger charge is 2.20. The summed E-state index contributed by atoms with van der Waals surface area (Å²) in [6.07, 6.45) is 3.84. The van der Waals surface area contributed by atoms with E-state index in [2.05, 4.69) is 20.8 Å². The molecule has 0 bridgehead atoms. The van der Waals surface area contributed by atoms with E-state index in [-0.39, 0.29) is 12.4 Å². The topological polar surface area (TPSA) is 40.5 Å². The highest BCUT2D eigenvalue weighted by Crippen LogP contribution is 2.20. The lowest BCUT2D eigenvalue weighted by Gasteiger charge is -2.32. The molecule has 0 saturated carbocycles. The van der Waals surface area contributed by atoms with Gasteiger partial charge in [-0.2, -0.15) is 0 Å². The third-order valence-electron chi connectivity index (χ3n) is 3.94. The zero-order chi connectivity index (χ0) is 14.4. The Labute approximate surface area is 129 Å². The Bertz CT molecular complexity index is 448. The number of ketones is 1. The third kappa shape index (κ3) is 4.69. The Balaban J connectivity index is 1.81. The second-order valence-electron chi connectivity index (χ2n) is 5.50. The van der Waals surface area contributed by atoms with E-state index in [9.17, 15) is 4.79 Å². The summed E-state index contributed by atoms with van der Waals surface area (Å²) in [5.41, 5.74) is 0.781. The normalized spacial score (nSPS) is 20.0. The van der Waals surface area contributed by atoms with E-state index in [1.807, 2.05) is 24.3 Å². The van der Waals surface area contributed by atoms with Crippen LogP contribution < -0.4 is 0 Å². The number of halogens is 1. The minimum atomic E-state index is 0.204. The molecule has 3 nitrogen and oxygen atoms in total. The van der Waals surface area contributed by atoms with E-state index >= 15 is 0 Å². The van der Waals surface area contributed by atoms with Gasteiger partial charge in [-0.15, -0.1) is 0 Å². The molecule has 1 fully saturated rings. The molecule has 0 aromatic heterocycles. The summed E-state index contributed by atoms with van der Waals surface area (Å²) in [5.74, 6) is 0.797. The lowest BCUT2D eigenvalue weighted by Crippen LogP contribution is -2.37. The first-order chi connectivity index (χ1) is 9.69. The zero-order valence-electron chi connectivity index (χ0n) is 11.7. The van der Waals surface area contributed by atoms with Crippen molar-refractivity contribution in [2.45, 2.75) is 25.7 Å². The second kappa shape index (κ2) is 7.91. The van der Waals surface area contributed by atoms with Crippen molar-refractivity contribution in [3.63, 3.8) is 0 Å². The molecule has 1 saturated heterocycles. The molecule has 1 atom stereocenters. The third-order valence-corrected chi connectivity index (χ3v) is 4.44. The quantitative estimate of drug-likeness (QED) is 0.809. The fourth-order valence-corrected chi connectivity index (χ4v) is 3.24. The van der Waals surface area contributed by atoms with Gasteiger partial charge in [0, 0.05) is 36.2 Å². The molecule has 0 radical (unpaired) electrons. The highest BCUT2D eigenvalue weighted by molar-refractivity contribution is 9.10. The average Bonchev–Trinajstić information content (AvgIpc) is 2.45. The van der Waals surface area contributed by atoms with Crippen LogP contribution in [0.1, 0.15) is 36.0 Å². The van der Waals surface area contributed by atoms with Crippen LogP contribution in [0.25, 0.3) is 0 Å². The van der Waals surface area contributed by atoms with Crippen molar-refractivity contribution in [2.24, 2.45) is 5.92 Å². The Morgan fingerprint density at radius 2 is 2.30 bits per heavy atom. The monoisotopic (exact) mass is 339 g/mol. The van der Waals surface area contributed by atoms with Crippen molar-refractivity contribution in [3.05, 3.63) is 34.3 Å². The molecule has 0 amide bonds. The lowest BCUT2D eigenvalue weighted by atomic mass is 9.95. The number of nitrogens with zero attached hydrogens (tertiary/aromatic N) is 1. The van der Waals surface area contributed by atoms with Crippen LogP contribution in [-0.2, 0) is 0 Å². The van der Waals surface area contributed by atoms with Gasteiger partial charge < -0.3 is 10.0 Å². The van der Waals surface area contributed by atoms with Crippen molar-refractivity contribution in [2.75, 3.05) is 26.2 Å². The first-order valence-electron chi connectivity index (χ1n) is 7.31. The summed E-state index contributed by atoms with van der Waals surface area (Å²) in [7, 11) is 0. The predicted octanol–water partition coefficient (Wildman–Crippen LogP) is 3.12. The van der Waals surface area contributed by atoms with Crippen LogP contribution in [0.15, 0.2) is 28.7 Å². The molecule has 110 valence electrons. The van der Waals surface area contributed by atoms with Gasteiger partial charge in [0.2, 0.25) is 0 Å². The average molecular weight is 340 g/mol. The first kappa shape index (κ1) is 15.7. The summed E-state index contributed by atoms with van der Waals surface area (Å²) >= 11 is 3.40. The van der Waals surface area contributed by atoms with E-state index < -0.39 is 0 Å². The summed E-state index contributed by atoms with van der Waals surface area (Å²) < 4.78 is 0.948. The summed E-state index contributed by atoms with van der Waals surface area (Å²) in [4.78, 5) is 14.5. The van der Waals surface area contributed by atoms with Crippen LogP contribution in [0.3, 0.4) is 0 Å². The van der Waals surface area contributed by atoms with Gasteiger partial charge in [-0.25, -0.2) is 0 Å². The fourth-order valence-electron chi connectivity index (χ4n) is 2.84. The SMILES string of the molecule is O=C(CCN1CCCC(CCO)C1)c1cccc(Br)c1. The number of piperidine rings is 1. The smallest absolute Gasteiger partial charge is 0.164 e. The Morgan fingerprint density at radius 3 is 3.05 bits per heavy atom. The minimum absolute atomic E-state index is 0.204. The van der Waals surface area contributed by atoms with Gasteiger partial charge in [0.1, 0.15) is 0 Å². The van der Waals surface area contributed by atoms with Crippen LogP contribution in [-0.4, -0.2) is 42.0 Å². The van der Waals surface area contributed by atoms with Crippen LogP contribution in [0.4, 0.5) is 0 Å². The van der Waals surface area contributed by atoms with E-state index in [1.54, 1.807) is 0 Å². The number of likely N-dealkylation sites (tertiary alicyclic amines) is 1. The lowest BCUT2D eigenvalue weighted by molar-refractivity contribution is 0.0937. The van der Waals surface area contributed by atoms with Crippen molar-refractivity contribution < 1.29 is 9.90 Å². The van der Waals surface area contributed by atoms with Crippen molar-refractivity contribution in [3.8, 4) is 0 Å². The van der Waals surface area contributed by atoms with Crippen LogP contribution in [0.5, 0.6) is 0 Å². The highest BCUT2D eigenvalue weighted by atomic mass is 79.9. The number of benzene rings is 1. The number of carbonyl (C=O) groups excluding carboxylic acids is 1. The molecular formula is C16H22BrNO2. The fraction of sp³-hybridized carbons (Fsp3) is 0.562. The molecule has 1 unspecified atom stereocenters. The molecule has 1 aliphatic rings. The van der Waals surface area contributed by atoms with Gasteiger partial charge in [0.05, 0.1) is 0 Å². The molecule has 1 aliphatic heterocycles. The van der Waals surface area contributed by atoms with E-state index in [0.29, 0.717) is 12.3 Å². The molecule has 1 N–H and O–H groups in total. The number of hydrogen-bond acceptors (Lipinski definition) is 3. The van der Waals surface area contributed by atoms with E-state index in [4.69, 9.17) is 5.11 Å². The van der Waals surface area contributed by atoms with Gasteiger partial charge in [0.25, 0.3) is 0 Å². The van der Waals surface area contributed by atoms with E-state index in [0.717, 1.165) is 36.1 Å². The molecule has 4 heteroatoms. The molecule has 20 heavy (non-hydrogen) atoms. The number of aliphatic hydroxyl groups is 1. The van der Waals surface area contributed by atoms with Gasteiger partial charge >= 0.3 is 0 Å². The maximum Gasteiger partial charge on any atom is 0.164 e. The molecule has 0 spiro atoms. The maximum absolute atomic E-state index is 12.2. The van der Waals surface area contributed by atoms with Crippen LogP contribution in [0, 0.1) is 5.92 Å². The Kier molecular flexibility index (Phi) is 6.20. The molecule has 0 aliphatic carbocycles. The van der Waals surface area contributed by atoms with Crippen molar-refractivity contribution >= 4 is 21.7 Å². The largest absolute Gasteiger partial charge is 0.396 e. The number of rotatable bonds is 6. The molecule has 1 aromatic carbocycles. The number of hydrogen-bond donors (Lipinski definition) is 1. The van der Waals surface area contributed by atoms with Crippen molar-refractivity contribution in [1.29, 1.82) is 0 Å². The number of aliphatic hydroxyl groups excluding tert-OH is 1. The van der Waals surface area contributed by atoms with Gasteiger partial charge in [-0.05, 0) is 43.9 Å². The summed E-state index contributed by atoms with van der Waals surface area (Å²) in [5, 5.41) is 9.02. The molecular weight excluding hydrogens is 318 g/mol. The van der Waals surface area contributed by atoms with Crippen LogP contribution in [0.2, 0.25) is 0 Å². The summed E-state index contributed by atoms with van der Waals surface area (Å²) in [6, 6.07) is 7.58. The second-order valence-corrected chi connectivity index (χ2v) is 6.42. The van der Waals surface area contributed by atoms with Crippen LogP contribution >= 0.6 is 15.9 Å². The van der Waals surface area contributed by atoms with Gasteiger partial charge in [-0.3, -0.25) is 4.79 Å².